The summed E-state index contributed by atoms with van der Waals surface area (Å²) < 4.78 is 0. The van der Waals surface area contributed by atoms with E-state index >= 15 is 0 Å². The zero-order valence-electron chi connectivity index (χ0n) is 6.79. The van der Waals surface area contributed by atoms with Crippen LogP contribution in [0.25, 0.3) is 0 Å². The highest BCUT2D eigenvalue weighted by atomic mass is 16.5. The van der Waals surface area contributed by atoms with Gasteiger partial charge in [0.2, 0.25) is 0 Å². The molecule has 1 aliphatic carbocycles. The van der Waals surface area contributed by atoms with Crippen molar-refractivity contribution in [3.63, 3.8) is 0 Å². The van der Waals surface area contributed by atoms with Gasteiger partial charge in [-0.05, 0) is 32.1 Å². The number of nitrogens with zero attached hydrogens (tertiary/aromatic N) is 1. The lowest BCUT2D eigenvalue weighted by Gasteiger charge is -2.35. The molecule has 0 aromatic carbocycles. The van der Waals surface area contributed by atoms with E-state index in [2.05, 4.69) is 6.08 Å². The van der Waals surface area contributed by atoms with Crippen LogP contribution in [-0.4, -0.2) is 22.9 Å². The van der Waals surface area contributed by atoms with Crippen LogP contribution in [0.15, 0.2) is 11.6 Å². The van der Waals surface area contributed by atoms with Crippen LogP contribution in [0.1, 0.15) is 32.1 Å². The molecule has 0 saturated carbocycles. The third kappa shape index (κ3) is 1.33. The first-order chi connectivity index (χ1) is 5.38. The number of hydrogen-bond donors (Lipinski definition) is 1. The van der Waals surface area contributed by atoms with Gasteiger partial charge in [0.1, 0.15) is 0 Å². The summed E-state index contributed by atoms with van der Waals surface area (Å²) in [6.45, 7) is 0.863. The maximum atomic E-state index is 9.50. The molecule has 11 heavy (non-hydrogen) atoms. The average Bonchev–Trinajstić information content (AvgIpc) is 2.06. The van der Waals surface area contributed by atoms with Crippen LogP contribution in [0.5, 0.6) is 0 Å². The Bertz CT molecular complexity index is 176. The van der Waals surface area contributed by atoms with E-state index in [9.17, 15) is 5.21 Å². The molecule has 1 heterocycles. The molecular weight excluding hydrogens is 138 g/mol. The SMILES string of the molecule is ON1CCCC2=CCCCC21. The van der Waals surface area contributed by atoms with Crippen LogP contribution in [-0.2, 0) is 0 Å². The van der Waals surface area contributed by atoms with Crippen LogP contribution in [0.3, 0.4) is 0 Å². The summed E-state index contributed by atoms with van der Waals surface area (Å²) in [5.74, 6) is 0. The van der Waals surface area contributed by atoms with E-state index in [4.69, 9.17) is 0 Å². The van der Waals surface area contributed by atoms with Gasteiger partial charge in [-0.25, -0.2) is 0 Å². The van der Waals surface area contributed by atoms with Gasteiger partial charge in [-0.3, -0.25) is 0 Å². The van der Waals surface area contributed by atoms with Crippen LogP contribution >= 0.6 is 0 Å². The quantitative estimate of drug-likeness (QED) is 0.538. The lowest BCUT2D eigenvalue weighted by Crippen LogP contribution is -2.39. The smallest absolute Gasteiger partial charge is 0.0559 e. The number of piperidine rings is 1. The van der Waals surface area contributed by atoms with Gasteiger partial charge in [-0.1, -0.05) is 11.6 Å². The molecule has 2 rings (SSSR count). The Hall–Kier alpha value is -0.340. The van der Waals surface area contributed by atoms with Crippen LogP contribution in [0, 0.1) is 0 Å². The van der Waals surface area contributed by atoms with Gasteiger partial charge in [0.25, 0.3) is 0 Å². The van der Waals surface area contributed by atoms with Crippen LogP contribution in [0.2, 0.25) is 0 Å². The minimum Gasteiger partial charge on any atom is -0.313 e. The van der Waals surface area contributed by atoms with Gasteiger partial charge in [0.15, 0.2) is 0 Å². The molecule has 2 aliphatic rings. The molecule has 2 heteroatoms. The molecule has 1 fully saturated rings. The highest BCUT2D eigenvalue weighted by molar-refractivity contribution is 5.15. The molecule has 0 radical (unpaired) electrons. The van der Waals surface area contributed by atoms with Crippen molar-refractivity contribution >= 4 is 0 Å². The largest absolute Gasteiger partial charge is 0.313 e. The summed E-state index contributed by atoms with van der Waals surface area (Å²) in [5.41, 5.74) is 1.48. The maximum Gasteiger partial charge on any atom is 0.0559 e. The second-order valence-electron chi connectivity index (χ2n) is 3.49. The van der Waals surface area contributed by atoms with E-state index in [1.807, 2.05) is 0 Å². The minimum atomic E-state index is 0.373. The van der Waals surface area contributed by atoms with Crippen molar-refractivity contribution in [2.24, 2.45) is 0 Å². The second-order valence-corrected chi connectivity index (χ2v) is 3.49. The van der Waals surface area contributed by atoms with Gasteiger partial charge < -0.3 is 5.21 Å². The minimum absolute atomic E-state index is 0.373. The molecule has 62 valence electrons. The molecule has 0 bridgehead atoms. The van der Waals surface area contributed by atoms with E-state index in [1.54, 1.807) is 0 Å². The first kappa shape index (κ1) is 7.32. The predicted octanol–water partition coefficient (Wildman–Crippen LogP) is 1.95. The van der Waals surface area contributed by atoms with Crippen LogP contribution in [0.4, 0.5) is 0 Å². The normalized spacial score (nSPS) is 32.8. The number of fused-ring (bicyclic) bond motifs is 1. The number of rotatable bonds is 0. The fourth-order valence-electron chi connectivity index (χ4n) is 2.13. The molecule has 0 spiro atoms. The first-order valence-corrected chi connectivity index (χ1v) is 4.52. The highest BCUT2D eigenvalue weighted by Gasteiger charge is 2.26. The third-order valence-corrected chi connectivity index (χ3v) is 2.73. The summed E-state index contributed by atoms with van der Waals surface area (Å²) in [5, 5.41) is 11.0. The molecule has 1 unspecified atom stereocenters. The van der Waals surface area contributed by atoms with Gasteiger partial charge in [-0.15, -0.1) is 0 Å². The summed E-state index contributed by atoms with van der Waals surface area (Å²) in [4.78, 5) is 0. The topological polar surface area (TPSA) is 23.5 Å². The summed E-state index contributed by atoms with van der Waals surface area (Å²) in [6, 6.07) is 0.373. The number of hydroxylamine groups is 2. The zero-order chi connectivity index (χ0) is 7.68. The maximum absolute atomic E-state index is 9.50. The molecule has 0 aromatic rings. The zero-order valence-corrected chi connectivity index (χ0v) is 6.79. The molecule has 1 saturated heterocycles. The van der Waals surface area contributed by atoms with Gasteiger partial charge in [0, 0.05) is 6.54 Å². The van der Waals surface area contributed by atoms with Crippen molar-refractivity contribution in [1.29, 1.82) is 0 Å². The van der Waals surface area contributed by atoms with E-state index in [1.165, 1.54) is 29.9 Å². The number of hydrogen-bond acceptors (Lipinski definition) is 2. The van der Waals surface area contributed by atoms with Gasteiger partial charge in [0.05, 0.1) is 6.04 Å². The van der Waals surface area contributed by atoms with Crippen molar-refractivity contribution in [3.05, 3.63) is 11.6 Å². The fraction of sp³-hybridized carbons (Fsp3) is 0.778. The summed E-state index contributed by atoms with van der Waals surface area (Å²) >= 11 is 0. The monoisotopic (exact) mass is 153 g/mol. The Kier molecular flexibility index (Phi) is 1.96. The third-order valence-electron chi connectivity index (χ3n) is 2.73. The van der Waals surface area contributed by atoms with E-state index in [0.29, 0.717) is 6.04 Å². The Labute approximate surface area is 67.5 Å². The van der Waals surface area contributed by atoms with E-state index in [0.717, 1.165) is 19.4 Å². The molecular formula is C9H15NO. The second kappa shape index (κ2) is 2.95. The average molecular weight is 153 g/mol. The summed E-state index contributed by atoms with van der Waals surface area (Å²) in [7, 11) is 0. The molecule has 1 aliphatic heterocycles. The van der Waals surface area contributed by atoms with Crippen molar-refractivity contribution in [1.82, 2.24) is 5.06 Å². The van der Waals surface area contributed by atoms with Crippen molar-refractivity contribution < 1.29 is 5.21 Å². The Morgan fingerprint density at radius 1 is 1.45 bits per heavy atom. The lowest BCUT2D eigenvalue weighted by atomic mass is 9.88. The Morgan fingerprint density at radius 2 is 2.36 bits per heavy atom. The Balaban J connectivity index is 2.13. The highest BCUT2D eigenvalue weighted by Crippen LogP contribution is 2.29. The lowest BCUT2D eigenvalue weighted by molar-refractivity contribution is -0.129. The summed E-state index contributed by atoms with van der Waals surface area (Å²) in [6.07, 6.45) is 8.27. The molecule has 0 amide bonds. The van der Waals surface area contributed by atoms with Crippen molar-refractivity contribution in [2.75, 3.05) is 6.54 Å². The Morgan fingerprint density at radius 3 is 3.18 bits per heavy atom. The van der Waals surface area contributed by atoms with Gasteiger partial charge >= 0.3 is 0 Å². The number of allylic oxidation sites excluding steroid dienone is 1. The van der Waals surface area contributed by atoms with Crippen LogP contribution < -0.4 is 0 Å². The molecule has 1 atom stereocenters. The first-order valence-electron chi connectivity index (χ1n) is 4.52. The van der Waals surface area contributed by atoms with E-state index < -0.39 is 0 Å². The standard InChI is InChI=1S/C9H15NO/c11-10-7-3-5-8-4-1-2-6-9(8)10/h4,9,11H,1-3,5-7H2. The van der Waals surface area contributed by atoms with Crippen molar-refractivity contribution in [2.45, 2.75) is 38.1 Å². The van der Waals surface area contributed by atoms with E-state index in [-0.39, 0.29) is 0 Å². The molecule has 0 aromatic heterocycles. The van der Waals surface area contributed by atoms with Gasteiger partial charge in [-0.2, -0.15) is 5.06 Å². The predicted molar refractivity (Wildman–Crippen MR) is 43.4 cm³/mol. The molecule has 2 nitrogen and oxygen atoms in total. The fourth-order valence-corrected chi connectivity index (χ4v) is 2.13. The molecule has 1 N–H and O–H groups in total. The van der Waals surface area contributed by atoms with Crippen molar-refractivity contribution in [3.8, 4) is 0 Å².